The van der Waals surface area contributed by atoms with E-state index in [9.17, 15) is 4.79 Å². The van der Waals surface area contributed by atoms with Crippen molar-refractivity contribution in [3.63, 3.8) is 0 Å². The van der Waals surface area contributed by atoms with Crippen molar-refractivity contribution >= 4 is 10.8 Å². The van der Waals surface area contributed by atoms with Crippen LogP contribution in [0.3, 0.4) is 0 Å². The van der Waals surface area contributed by atoms with Crippen LogP contribution in [0.15, 0.2) is 102 Å². The molecule has 0 unspecified atom stereocenters. The smallest absolute Gasteiger partial charge is 0.266 e. The van der Waals surface area contributed by atoms with Gasteiger partial charge in [0.2, 0.25) is 0 Å². The van der Waals surface area contributed by atoms with Crippen LogP contribution in [-0.4, -0.2) is 11.7 Å². The van der Waals surface area contributed by atoms with Gasteiger partial charge < -0.3 is 4.74 Å². The fourth-order valence-corrected chi connectivity index (χ4v) is 4.18. The zero-order valence-corrected chi connectivity index (χ0v) is 17.8. The Bertz CT molecular complexity index is 1510. The molecule has 5 aromatic rings. The largest absolute Gasteiger partial charge is 0.497 e. The van der Waals surface area contributed by atoms with E-state index in [2.05, 4.69) is 0 Å². The minimum absolute atomic E-state index is 0.0326. The molecule has 0 aliphatic heterocycles. The van der Waals surface area contributed by atoms with Crippen molar-refractivity contribution in [2.24, 2.45) is 0 Å². The molecule has 162 valence electrons. The second kappa shape index (κ2) is 8.36. The SMILES string of the molecule is COc1ccc(-n2c(-c3ccccc3)c(-c3ccccc3)c3c(F)ccc(F)c3c2=O)cc1. The highest BCUT2D eigenvalue weighted by Crippen LogP contribution is 2.39. The Labute approximate surface area is 189 Å². The average Bonchev–Trinajstić information content (AvgIpc) is 2.87. The van der Waals surface area contributed by atoms with E-state index in [1.54, 1.807) is 31.4 Å². The Morgan fingerprint density at radius 2 is 1.21 bits per heavy atom. The van der Waals surface area contributed by atoms with Gasteiger partial charge in [-0.3, -0.25) is 9.36 Å². The highest BCUT2D eigenvalue weighted by atomic mass is 19.1. The highest BCUT2D eigenvalue weighted by molar-refractivity contribution is 6.03. The number of pyridine rings is 1. The minimum Gasteiger partial charge on any atom is -0.497 e. The first-order valence-corrected chi connectivity index (χ1v) is 10.4. The maximum atomic E-state index is 15.3. The van der Waals surface area contributed by atoms with E-state index >= 15 is 8.78 Å². The second-order valence-electron chi connectivity index (χ2n) is 7.57. The molecule has 0 spiro atoms. The molecule has 5 heteroatoms. The zero-order chi connectivity index (χ0) is 22.9. The van der Waals surface area contributed by atoms with Gasteiger partial charge in [-0.1, -0.05) is 60.7 Å². The van der Waals surface area contributed by atoms with Crippen molar-refractivity contribution in [1.29, 1.82) is 0 Å². The van der Waals surface area contributed by atoms with Gasteiger partial charge in [-0.15, -0.1) is 0 Å². The third-order valence-corrected chi connectivity index (χ3v) is 5.67. The fourth-order valence-electron chi connectivity index (χ4n) is 4.18. The van der Waals surface area contributed by atoms with Crippen LogP contribution in [-0.2, 0) is 0 Å². The Morgan fingerprint density at radius 3 is 1.79 bits per heavy atom. The van der Waals surface area contributed by atoms with Crippen LogP contribution in [0.25, 0.3) is 38.8 Å². The Morgan fingerprint density at radius 1 is 0.667 bits per heavy atom. The summed E-state index contributed by atoms with van der Waals surface area (Å²) in [5.74, 6) is -0.800. The van der Waals surface area contributed by atoms with Crippen molar-refractivity contribution < 1.29 is 13.5 Å². The second-order valence-corrected chi connectivity index (χ2v) is 7.57. The van der Waals surface area contributed by atoms with E-state index in [1.165, 1.54) is 4.57 Å². The number of hydrogen-bond acceptors (Lipinski definition) is 2. The lowest BCUT2D eigenvalue weighted by Crippen LogP contribution is -2.23. The number of ether oxygens (including phenoxy) is 1. The summed E-state index contributed by atoms with van der Waals surface area (Å²) in [7, 11) is 1.55. The maximum absolute atomic E-state index is 15.3. The quantitative estimate of drug-likeness (QED) is 0.315. The van der Waals surface area contributed by atoms with Gasteiger partial charge in [0.1, 0.15) is 17.4 Å². The van der Waals surface area contributed by atoms with Gasteiger partial charge in [-0.25, -0.2) is 8.78 Å². The number of methoxy groups -OCH3 is 1. The molecular formula is C28H19F2NO2. The fraction of sp³-hybridized carbons (Fsp3) is 0.0357. The van der Waals surface area contributed by atoms with Crippen LogP contribution in [0.2, 0.25) is 0 Å². The Kier molecular flexibility index (Phi) is 5.23. The van der Waals surface area contributed by atoms with Gasteiger partial charge in [0.05, 0.1) is 18.2 Å². The first-order chi connectivity index (χ1) is 16.1. The number of nitrogens with zero attached hydrogens (tertiary/aromatic N) is 1. The summed E-state index contributed by atoms with van der Waals surface area (Å²) in [4.78, 5) is 13.8. The van der Waals surface area contributed by atoms with Gasteiger partial charge >= 0.3 is 0 Å². The standard InChI is InChI=1S/C28H19F2NO2/c1-33-21-14-12-20(13-15-21)31-27(19-10-6-3-7-11-19)24(18-8-4-2-5-9-18)25-22(29)16-17-23(30)26(25)28(31)32/h2-17H,1H3. The molecule has 1 heterocycles. The Hall–Kier alpha value is -4.25. The van der Waals surface area contributed by atoms with E-state index < -0.39 is 17.2 Å². The van der Waals surface area contributed by atoms with Crippen LogP contribution in [0.5, 0.6) is 5.75 Å². The lowest BCUT2D eigenvalue weighted by atomic mass is 9.92. The van der Waals surface area contributed by atoms with Gasteiger partial charge in [0.25, 0.3) is 5.56 Å². The molecule has 5 rings (SSSR count). The molecule has 0 fully saturated rings. The molecule has 0 saturated carbocycles. The molecule has 0 saturated heterocycles. The van der Waals surface area contributed by atoms with Crippen molar-refractivity contribution in [3.8, 4) is 33.8 Å². The number of rotatable bonds is 4. The molecule has 0 N–H and O–H groups in total. The molecule has 0 aliphatic rings. The maximum Gasteiger partial charge on any atom is 0.266 e. The third-order valence-electron chi connectivity index (χ3n) is 5.67. The van der Waals surface area contributed by atoms with Crippen LogP contribution in [0, 0.1) is 11.6 Å². The van der Waals surface area contributed by atoms with Crippen molar-refractivity contribution in [2.45, 2.75) is 0 Å². The topological polar surface area (TPSA) is 31.2 Å². The van der Waals surface area contributed by atoms with E-state index in [1.807, 2.05) is 60.7 Å². The van der Waals surface area contributed by atoms with Crippen LogP contribution in [0.1, 0.15) is 0 Å². The lowest BCUT2D eigenvalue weighted by Gasteiger charge is -2.21. The number of hydrogen-bond donors (Lipinski definition) is 0. The first-order valence-electron chi connectivity index (χ1n) is 10.4. The minimum atomic E-state index is -0.768. The van der Waals surface area contributed by atoms with Crippen molar-refractivity contribution in [2.75, 3.05) is 7.11 Å². The molecule has 1 aromatic heterocycles. The predicted molar refractivity (Wildman–Crippen MR) is 127 cm³/mol. The van der Waals surface area contributed by atoms with Gasteiger partial charge in [0.15, 0.2) is 0 Å². The van der Waals surface area contributed by atoms with E-state index in [0.29, 0.717) is 33.8 Å². The first kappa shape index (κ1) is 20.6. The third kappa shape index (κ3) is 3.48. The molecule has 0 amide bonds. The molecule has 0 aliphatic carbocycles. The summed E-state index contributed by atoms with van der Waals surface area (Å²) in [5.41, 5.74) is 2.19. The van der Waals surface area contributed by atoms with E-state index in [4.69, 9.17) is 4.74 Å². The normalized spacial score (nSPS) is 11.0. The van der Waals surface area contributed by atoms with E-state index in [0.717, 1.165) is 12.1 Å². The number of aromatic nitrogens is 1. The summed E-state index contributed by atoms with van der Waals surface area (Å²) < 4.78 is 37.1. The summed E-state index contributed by atoms with van der Waals surface area (Å²) in [6.07, 6.45) is 0. The number of fused-ring (bicyclic) bond motifs is 1. The molecule has 4 aromatic carbocycles. The summed E-state index contributed by atoms with van der Waals surface area (Å²) in [5, 5.41) is -0.320. The molecule has 0 bridgehead atoms. The van der Waals surface area contributed by atoms with E-state index in [-0.39, 0.29) is 10.8 Å². The molecule has 33 heavy (non-hydrogen) atoms. The average molecular weight is 439 g/mol. The van der Waals surface area contributed by atoms with Crippen molar-refractivity contribution in [1.82, 2.24) is 4.57 Å². The van der Waals surface area contributed by atoms with Gasteiger partial charge in [-0.05, 0) is 47.5 Å². The Balaban J connectivity index is 2.05. The summed E-state index contributed by atoms with van der Waals surface area (Å²) >= 11 is 0. The molecular weight excluding hydrogens is 420 g/mol. The van der Waals surface area contributed by atoms with Crippen LogP contribution >= 0.6 is 0 Å². The van der Waals surface area contributed by atoms with Crippen LogP contribution in [0.4, 0.5) is 8.78 Å². The van der Waals surface area contributed by atoms with Crippen LogP contribution < -0.4 is 10.3 Å². The predicted octanol–water partition coefficient (Wildman–Crippen LogP) is 6.61. The highest BCUT2D eigenvalue weighted by Gasteiger charge is 2.24. The van der Waals surface area contributed by atoms with Gasteiger partial charge in [0, 0.05) is 16.6 Å². The zero-order valence-electron chi connectivity index (χ0n) is 17.8. The summed E-state index contributed by atoms with van der Waals surface area (Å²) in [6, 6.07) is 27.4. The van der Waals surface area contributed by atoms with Crippen molar-refractivity contribution in [3.05, 3.63) is 119 Å². The van der Waals surface area contributed by atoms with Gasteiger partial charge in [-0.2, -0.15) is 0 Å². The summed E-state index contributed by atoms with van der Waals surface area (Å²) in [6.45, 7) is 0. The number of halogens is 2. The molecule has 3 nitrogen and oxygen atoms in total. The monoisotopic (exact) mass is 439 g/mol. The molecule has 0 radical (unpaired) electrons. The lowest BCUT2D eigenvalue weighted by molar-refractivity contribution is 0.414. The number of benzene rings is 4. The molecule has 0 atom stereocenters.